The molecule has 7 heteroatoms. The lowest BCUT2D eigenvalue weighted by Gasteiger charge is -2.23. The van der Waals surface area contributed by atoms with Crippen molar-refractivity contribution < 1.29 is 14.3 Å². The average molecular weight is 346 g/mol. The molecule has 1 aliphatic heterocycles. The smallest absolute Gasteiger partial charge is 0.224 e. The number of amides is 1. The minimum atomic E-state index is -0.0727. The summed E-state index contributed by atoms with van der Waals surface area (Å²) in [6.45, 7) is 5.96. The summed E-state index contributed by atoms with van der Waals surface area (Å²) in [6, 6.07) is 5.66. The highest BCUT2D eigenvalue weighted by Crippen LogP contribution is 2.15. The van der Waals surface area contributed by atoms with Crippen LogP contribution in [0.25, 0.3) is 0 Å². The Balaban J connectivity index is 1.49. The Hall–Kier alpha value is -2.12. The molecule has 3 heterocycles. The highest BCUT2D eigenvalue weighted by Gasteiger charge is 2.21. The van der Waals surface area contributed by atoms with Gasteiger partial charge in [0.25, 0.3) is 0 Å². The first-order valence-corrected chi connectivity index (χ1v) is 8.83. The first-order valence-electron chi connectivity index (χ1n) is 8.83. The van der Waals surface area contributed by atoms with Crippen LogP contribution in [0.4, 0.5) is 0 Å². The van der Waals surface area contributed by atoms with E-state index in [2.05, 4.69) is 10.00 Å². The highest BCUT2D eigenvalue weighted by atomic mass is 16.4. The minimum absolute atomic E-state index is 0.0712. The summed E-state index contributed by atoms with van der Waals surface area (Å²) >= 11 is 0. The number of carbonyl (C=O) groups is 1. The van der Waals surface area contributed by atoms with Crippen LogP contribution < -0.4 is 0 Å². The molecule has 1 fully saturated rings. The molecule has 0 bridgehead atoms. The summed E-state index contributed by atoms with van der Waals surface area (Å²) in [4.78, 5) is 16.8. The number of aliphatic hydroxyl groups excluding tert-OH is 1. The minimum Gasteiger partial charge on any atom is -0.462 e. The van der Waals surface area contributed by atoms with Crippen LogP contribution in [0.5, 0.6) is 0 Å². The number of hydrogen-bond donors (Lipinski definition) is 1. The predicted molar refractivity (Wildman–Crippen MR) is 92.7 cm³/mol. The summed E-state index contributed by atoms with van der Waals surface area (Å²) in [5.74, 6) is 1.63. The van der Waals surface area contributed by atoms with Crippen LogP contribution >= 0.6 is 0 Å². The molecule has 1 saturated heterocycles. The fourth-order valence-corrected chi connectivity index (χ4v) is 3.21. The molecule has 0 aromatic carbocycles. The second-order valence-corrected chi connectivity index (χ2v) is 6.58. The lowest BCUT2D eigenvalue weighted by Crippen LogP contribution is -2.36. The largest absolute Gasteiger partial charge is 0.462 e. The number of furan rings is 1. The molecule has 136 valence electrons. The van der Waals surface area contributed by atoms with Crippen LogP contribution in [0, 0.1) is 0 Å². The summed E-state index contributed by atoms with van der Waals surface area (Å²) in [5.41, 5.74) is 0. The number of aliphatic hydroxyl groups is 1. The van der Waals surface area contributed by atoms with Crippen LogP contribution in [0.2, 0.25) is 0 Å². The Morgan fingerprint density at radius 2 is 2.12 bits per heavy atom. The van der Waals surface area contributed by atoms with Crippen LogP contribution in [0.1, 0.15) is 37.3 Å². The molecule has 0 spiro atoms. The molecule has 1 atom stereocenters. The number of hydrogen-bond acceptors (Lipinski definition) is 5. The summed E-state index contributed by atoms with van der Waals surface area (Å²) < 4.78 is 7.39. The number of nitrogens with zero attached hydrogens (tertiary/aromatic N) is 4. The lowest BCUT2D eigenvalue weighted by atomic mass is 10.2. The standard InChI is InChI=1S/C18H26N4O3/c1-15(22-9-2-6-19-22)12-18(24)21-8-3-7-20(10-11-21)13-16-4-5-17(14-23)25-16/h2,4-6,9,15,23H,3,7-8,10-14H2,1H3. The molecule has 1 N–H and O–H groups in total. The maximum absolute atomic E-state index is 12.6. The van der Waals surface area contributed by atoms with E-state index in [4.69, 9.17) is 9.52 Å². The van der Waals surface area contributed by atoms with E-state index in [-0.39, 0.29) is 18.6 Å². The van der Waals surface area contributed by atoms with Gasteiger partial charge in [-0.05, 0) is 31.5 Å². The van der Waals surface area contributed by atoms with Crippen LogP contribution in [0.15, 0.2) is 35.0 Å². The monoisotopic (exact) mass is 346 g/mol. The van der Waals surface area contributed by atoms with Gasteiger partial charge >= 0.3 is 0 Å². The third-order valence-electron chi connectivity index (χ3n) is 4.64. The molecule has 0 saturated carbocycles. The number of rotatable bonds is 6. The summed E-state index contributed by atoms with van der Waals surface area (Å²) in [5, 5.41) is 13.3. The topological polar surface area (TPSA) is 74.7 Å². The van der Waals surface area contributed by atoms with Crippen molar-refractivity contribution in [3.63, 3.8) is 0 Å². The van der Waals surface area contributed by atoms with E-state index in [9.17, 15) is 4.79 Å². The second kappa shape index (κ2) is 8.31. The van der Waals surface area contributed by atoms with Crippen molar-refractivity contribution >= 4 is 5.91 Å². The van der Waals surface area contributed by atoms with Crippen molar-refractivity contribution in [2.45, 2.75) is 39.0 Å². The molecular formula is C18H26N4O3. The van der Waals surface area contributed by atoms with Crippen molar-refractivity contribution in [1.29, 1.82) is 0 Å². The molecule has 7 nitrogen and oxygen atoms in total. The summed E-state index contributed by atoms with van der Waals surface area (Å²) in [6.07, 6.45) is 5.06. The highest BCUT2D eigenvalue weighted by molar-refractivity contribution is 5.76. The van der Waals surface area contributed by atoms with Gasteiger partial charge in [-0.2, -0.15) is 5.10 Å². The van der Waals surface area contributed by atoms with Gasteiger partial charge in [0.1, 0.15) is 18.1 Å². The Kier molecular flexibility index (Phi) is 5.88. The van der Waals surface area contributed by atoms with Crippen molar-refractivity contribution in [3.05, 3.63) is 42.1 Å². The van der Waals surface area contributed by atoms with E-state index in [1.807, 2.05) is 34.8 Å². The van der Waals surface area contributed by atoms with Gasteiger partial charge in [0.05, 0.1) is 12.6 Å². The van der Waals surface area contributed by atoms with Gasteiger partial charge in [-0.25, -0.2) is 0 Å². The molecule has 2 aromatic heterocycles. The molecule has 1 amide bonds. The zero-order valence-electron chi connectivity index (χ0n) is 14.7. The van der Waals surface area contributed by atoms with Crippen molar-refractivity contribution in [1.82, 2.24) is 19.6 Å². The second-order valence-electron chi connectivity index (χ2n) is 6.58. The third kappa shape index (κ3) is 4.70. The van der Waals surface area contributed by atoms with E-state index in [0.29, 0.717) is 18.7 Å². The molecule has 25 heavy (non-hydrogen) atoms. The molecule has 2 aromatic rings. The van der Waals surface area contributed by atoms with Crippen LogP contribution in [-0.4, -0.2) is 56.8 Å². The van der Waals surface area contributed by atoms with Gasteiger partial charge in [0.2, 0.25) is 5.91 Å². The molecule has 0 radical (unpaired) electrons. The molecule has 3 rings (SSSR count). The number of aromatic nitrogens is 2. The van der Waals surface area contributed by atoms with E-state index in [1.165, 1.54) is 0 Å². The van der Waals surface area contributed by atoms with Gasteiger partial charge in [-0.15, -0.1) is 0 Å². The Morgan fingerprint density at radius 1 is 1.28 bits per heavy atom. The molecular weight excluding hydrogens is 320 g/mol. The average Bonchev–Trinajstić information content (AvgIpc) is 3.24. The SMILES string of the molecule is CC(CC(=O)N1CCCN(Cc2ccc(CO)o2)CC1)n1cccn1. The van der Waals surface area contributed by atoms with Crippen LogP contribution in [0.3, 0.4) is 0 Å². The van der Waals surface area contributed by atoms with Crippen molar-refractivity contribution in [2.24, 2.45) is 0 Å². The van der Waals surface area contributed by atoms with E-state index >= 15 is 0 Å². The lowest BCUT2D eigenvalue weighted by molar-refractivity contribution is -0.131. The fourth-order valence-electron chi connectivity index (χ4n) is 3.21. The Bertz CT molecular complexity index is 668. The zero-order chi connectivity index (χ0) is 17.6. The zero-order valence-corrected chi connectivity index (χ0v) is 14.7. The van der Waals surface area contributed by atoms with Crippen LogP contribution in [-0.2, 0) is 17.9 Å². The molecule has 0 aliphatic carbocycles. The summed E-state index contributed by atoms with van der Waals surface area (Å²) in [7, 11) is 0. The molecule has 1 unspecified atom stereocenters. The Morgan fingerprint density at radius 3 is 2.84 bits per heavy atom. The van der Waals surface area contributed by atoms with Gasteiger partial charge in [-0.3, -0.25) is 14.4 Å². The number of carbonyl (C=O) groups excluding carboxylic acids is 1. The first-order chi connectivity index (χ1) is 12.2. The van der Waals surface area contributed by atoms with E-state index in [0.717, 1.165) is 38.4 Å². The normalized spacial score (nSPS) is 17.4. The molecule has 1 aliphatic rings. The van der Waals surface area contributed by atoms with Crippen molar-refractivity contribution in [3.8, 4) is 0 Å². The first kappa shape index (κ1) is 17.7. The van der Waals surface area contributed by atoms with Gasteiger partial charge < -0.3 is 14.4 Å². The van der Waals surface area contributed by atoms with Gasteiger partial charge in [0.15, 0.2) is 0 Å². The fraction of sp³-hybridized carbons (Fsp3) is 0.556. The van der Waals surface area contributed by atoms with E-state index in [1.54, 1.807) is 12.3 Å². The van der Waals surface area contributed by atoms with E-state index < -0.39 is 0 Å². The van der Waals surface area contributed by atoms with Crippen molar-refractivity contribution in [2.75, 3.05) is 26.2 Å². The van der Waals surface area contributed by atoms with Gasteiger partial charge in [0, 0.05) is 45.0 Å². The Labute approximate surface area is 147 Å². The quantitative estimate of drug-likeness (QED) is 0.861. The maximum Gasteiger partial charge on any atom is 0.224 e. The van der Waals surface area contributed by atoms with Gasteiger partial charge in [-0.1, -0.05) is 0 Å². The predicted octanol–water partition coefficient (Wildman–Crippen LogP) is 1.65. The third-order valence-corrected chi connectivity index (χ3v) is 4.64. The maximum atomic E-state index is 12.6.